The van der Waals surface area contributed by atoms with E-state index >= 15 is 0 Å². The molecule has 4 heteroatoms. The Morgan fingerprint density at radius 2 is 1.95 bits per heavy atom. The number of hydrogen-bond acceptors (Lipinski definition) is 3. The van der Waals surface area contributed by atoms with E-state index in [2.05, 4.69) is 17.2 Å². The molecule has 20 heavy (non-hydrogen) atoms. The van der Waals surface area contributed by atoms with Gasteiger partial charge >= 0.3 is 6.09 Å². The fourth-order valence-electron chi connectivity index (χ4n) is 1.78. The first-order chi connectivity index (χ1) is 9.72. The van der Waals surface area contributed by atoms with E-state index in [1.807, 2.05) is 25.2 Å². The molecular weight excluding hydrogens is 252 g/mol. The topological polar surface area (TPSA) is 50.4 Å². The van der Waals surface area contributed by atoms with Crippen molar-refractivity contribution in [3.05, 3.63) is 60.7 Å². The van der Waals surface area contributed by atoms with Crippen LogP contribution in [0.25, 0.3) is 6.08 Å². The van der Waals surface area contributed by atoms with Crippen molar-refractivity contribution < 1.29 is 9.53 Å². The largest absolute Gasteiger partial charge is 0.417 e. The van der Waals surface area contributed by atoms with Crippen molar-refractivity contribution in [1.82, 2.24) is 0 Å². The van der Waals surface area contributed by atoms with Crippen LogP contribution in [0, 0.1) is 0 Å². The smallest absolute Gasteiger partial charge is 0.410 e. The van der Waals surface area contributed by atoms with Crippen LogP contribution in [0.4, 0.5) is 16.2 Å². The molecule has 0 saturated carbocycles. The first kappa shape index (κ1) is 13.7. The number of hydrogen-bond donors (Lipinski definition) is 2. The molecule has 2 aromatic rings. The Balaban J connectivity index is 2.06. The molecule has 0 saturated heterocycles. The summed E-state index contributed by atoms with van der Waals surface area (Å²) in [5.74, 6) is 0.501. The summed E-state index contributed by atoms with van der Waals surface area (Å²) in [4.78, 5) is 11.8. The minimum Gasteiger partial charge on any atom is -0.410 e. The predicted octanol–water partition coefficient (Wildman–Crippen LogP) is 3.98. The quantitative estimate of drug-likeness (QED) is 0.881. The number of amides is 1. The van der Waals surface area contributed by atoms with Crippen molar-refractivity contribution in [2.45, 2.75) is 0 Å². The van der Waals surface area contributed by atoms with E-state index in [0.717, 1.165) is 11.3 Å². The monoisotopic (exact) mass is 268 g/mol. The molecule has 0 aliphatic rings. The third-order valence-electron chi connectivity index (χ3n) is 2.74. The van der Waals surface area contributed by atoms with E-state index < -0.39 is 6.09 Å². The van der Waals surface area contributed by atoms with E-state index in [4.69, 9.17) is 4.74 Å². The molecule has 0 bridgehead atoms. The SMILES string of the molecule is C=Cc1cc(NC(=O)Oc2ccccc2)ccc1NC. The number of nitrogens with one attached hydrogen (secondary N) is 2. The number of rotatable bonds is 4. The average molecular weight is 268 g/mol. The molecule has 1 amide bonds. The molecule has 102 valence electrons. The van der Waals surface area contributed by atoms with E-state index in [1.54, 1.807) is 36.4 Å². The predicted molar refractivity (Wildman–Crippen MR) is 82.2 cm³/mol. The van der Waals surface area contributed by atoms with Gasteiger partial charge in [0.2, 0.25) is 0 Å². The molecule has 2 rings (SSSR count). The second-order valence-corrected chi connectivity index (χ2v) is 4.08. The third-order valence-corrected chi connectivity index (χ3v) is 2.74. The maximum atomic E-state index is 11.8. The summed E-state index contributed by atoms with van der Waals surface area (Å²) >= 11 is 0. The Hall–Kier alpha value is -2.75. The molecule has 0 unspecified atom stereocenters. The molecule has 2 N–H and O–H groups in total. The highest BCUT2D eigenvalue weighted by Crippen LogP contribution is 2.21. The van der Waals surface area contributed by atoms with Crippen LogP contribution in [-0.2, 0) is 0 Å². The average Bonchev–Trinajstić information content (AvgIpc) is 2.48. The van der Waals surface area contributed by atoms with Crippen molar-refractivity contribution >= 4 is 23.5 Å². The third kappa shape index (κ3) is 3.38. The number of para-hydroxylation sites is 1. The molecule has 0 radical (unpaired) electrons. The number of anilines is 2. The van der Waals surface area contributed by atoms with Crippen molar-refractivity contribution in [3.8, 4) is 5.75 Å². The van der Waals surface area contributed by atoms with E-state index in [1.165, 1.54) is 0 Å². The summed E-state index contributed by atoms with van der Waals surface area (Å²) < 4.78 is 5.16. The second-order valence-electron chi connectivity index (χ2n) is 4.08. The van der Waals surface area contributed by atoms with Crippen molar-refractivity contribution in [1.29, 1.82) is 0 Å². The van der Waals surface area contributed by atoms with Gasteiger partial charge in [-0.1, -0.05) is 30.9 Å². The van der Waals surface area contributed by atoms with Crippen molar-refractivity contribution in [2.24, 2.45) is 0 Å². The van der Waals surface area contributed by atoms with Crippen LogP contribution in [0.15, 0.2) is 55.1 Å². The van der Waals surface area contributed by atoms with Crippen LogP contribution in [0.2, 0.25) is 0 Å². The van der Waals surface area contributed by atoms with Crippen molar-refractivity contribution in [3.63, 3.8) is 0 Å². The van der Waals surface area contributed by atoms with Crippen LogP contribution < -0.4 is 15.4 Å². The van der Waals surface area contributed by atoms with Crippen LogP contribution in [0.1, 0.15) is 5.56 Å². The summed E-state index contributed by atoms with van der Waals surface area (Å²) in [7, 11) is 1.83. The normalized spacial score (nSPS) is 9.65. The zero-order valence-corrected chi connectivity index (χ0v) is 11.2. The lowest BCUT2D eigenvalue weighted by Crippen LogP contribution is -2.16. The molecule has 2 aromatic carbocycles. The van der Waals surface area contributed by atoms with Gasteiger partial charge in [-0.3, -0.25) is 5.32 Å². The minimum absolute atomic E-state index is 0.501. The van der Waals surface area contributed by atoms with Gasteiger partial charge in [-0.2, -0.15) is 0 Å². The first-order valence-electron chi connectivity index (χ1n) is 6.21. The highest BCUT2D eigenvalue weighted by atomic mass is 16.6. The molecule has 4 nitrogen and oxygen atoms in total. The highest BCUT2D eigenvalue weighted by molar-refractivity contribution is 5.87. The van der Waals surface area contributed by atoms with Gasteiger partial charge in [0.1, 0.15) is 5.75 Å². The zero-order chi connectivity index (χ0) is 14.4. The lowest BCUT2D eigenvalue weighted by Gasteiger charge is -2.10. The summed E-state index contributed by atoms with van der Waals surface area (Å²) in [5, 5.41) is 5.73. The van der Waals surface area contributed by atoms with Gasteiger partial charge in [0.05, 0.1) is 0 Å². The molecular formula is C16H16N2O2. The molecule has 0 spiro atoms. The van der Waals surface area contributed by atoms with Crippen LogP contribution in [0.5, 0.6) is 5.75 Å². The van der Waals surface area contributed by atoms with Gasteiger partial charge in [0.25, 0.3) is 0 Å². The number of carbonyl (C=O) groups is 1. The van der Waals surface area contributed by atoms with Gasteiger partial charge in [-0.15, -0.1) is 0 Å². The van der Waals surface area contributed by atoms with Gasteiger partial charge < -0.3 is 10.1 Å². The second kappa shape index (κ2) is 6.43. The van der Waals surface area contributed by atoms with Crippen LogP contribution in [0.3, 0.4) is 0 Å². The lowest BCUT2D eigenvalue weighted by molar-refractivity contribution is 0.215. The van der Waals surface area contributed by atoms with E-state index in [0.29, 0.717) is 11.4 Å². The molecule has 0 aliphatic heterocycles. The fourth-order valence-corrected chi connectivity index (χ4v) is 1.78. The number of ether oxygens (including phenoxy) is 1. The standard InChI is InChI=1S/C16H16N2O2/c1-3-12-11-13(9-10-15(12)17-2)18-16(19)20-14-7-5-4-6-8-14/h3-11,17H,1H2,2H3,(H,18,19). The Bertz CT molecular complexity index is 609. The maximum absolute atomic E-state index is 11.8. The minimum atomic E-state index is -0.525. The molecule has 0 fully saturated rings. The summed E-state index contributed by atoms with van der Waals surface area (Å²) in [5.41, 5.74) is 2.51. The van der Waals surface area contributed by atoms with Gasteiger partial charge in [-0.05, 0) is 35.9 Å². The van der Waals surface area contributed by atoms with Crippen molar-refractivity contribution in [2.75, 3.05) is 17.7 Å². The Kier molecular flexibility index (Phi) is 4.39. The Labute approximate surface area is 118 Å². The Morgan fingerprint density at radius 3 is 2.60 bits per heavy atom. The van der Waals surface area contributed by atoms with E-state index in [-0.39, 0.29) is 0 Å². The van der Waals surface area contributed by atoms with Gasteiger partial charge in [0.15, 0.2) is 0 Å². The fraction of sp³-hybridized carbons (Fsp3) is 0.0625. The molecule has 0 heterocycles. The molecule has 0 atom stereocenters. The zero-order valence-electron chi connectivity index (χ0n) is 11.2. The number of carbonyl (C=O) groups excluding carboxylic acids is 1. The van der Waals surface area contributed by atoms with Gasteiger partial charge in [0, 0.05) is 18.4 Å². The summed E-state index contributed by atoms with van der Waals surface area (Å²) in [6, 6.07) is 14.4. The number of benzene rings is 2. The highest BCUT2D eigenvalue weighted by Gasteiger charge is 2.06. The molecule has 0 aromatic heterocycles. The van der Waals surface area contributed by atoms with Gasteiger partial charge in [-0.25, -0.2) is 4.79 Å². The molecule has 0 aliphatic carbocycles. The van der Waals surface area contributed by atoms with E-state index in [9.17, 15) is 4.79 Å². The lowest BCUT2D eigenvalue weighted by atomic mass is 10.1. The summed E-state index contributed by atoms with van der Waals surface area (Å²) in [6.45, 7) is 3.74. The van der Waals surface area contributed by atoms with Crippen LogP contribution >= 0.6 is 0 Å². The first-order valence-corrected chi connectivity index (χ1v) is 6.21. The maximum Gasteiger partial charge on any atom is 0.417 e. The van der Waals surface area contributed by atoms with Crippen LogP contribution in [-0.4, -0.2) is 13.1 Å². The summed E-state index contributed by atoms with van der Waals surface area (Å²) in [6.07, 6.45) is 1.20. The Morgan fingerprint density at radius 1 is 1.20 bits per heavy atom.